The Hall–Kier alpha value is -2.92. The molecule has 1 aliphatic heterocycles. The number of nitrogens with zero attached hydrogens (tertiary/aromatic N) is 2. The molecule has 0 atom stereocenters. The molecule has 30 heavy (non-hydrogen) atoms. The third kappa shape index (κ3) is 4.97. The van der Waals surface area contributed by atoms with Crippen molar-refractivity contribution in [3.8, 4) is 5.75 Å². The lowest BCUT2D eigenvalue weighted by molar-refractivity contribution is 0.306. The van der Waals surface area contributed by atoms with Crippen LogP contribution in [-0.2, 0) is 6.61 Å². The summed E-state index contributed by atoms with van der Waals surface area (Å²) in [5.74, 6) is 0.633. The van der Waals surface area contributed by atoms with Crippen molar-refractivity contribution in [3.63, 3.8) is 0 Å². The molecule has 1 fully saturated rings. The van der Waals surface area contributed by atoms with Crippen LogP contribution in [0.5, 0.6) is 5.75 Å². The van der Waals surface area contributed by atoms with Gasteiger partial charge in [0.2, 0.25) is 0 Å². The highest BCUT2D eigenvalue weighted by Crippen LogP contribution is 2.20. The Morgan fingerprint density at radius 1 is 0.867 bits per heavy atom. The van der Waals surface area contributed by atoms with Gasteiger partial charge in [-0.25, -0.2) is 4.39 Å². The fourth-order valence-corrected chi connectivity index (χ4v) is 3.87. The van der Waals surface area contributed by atoms with Crippen LogP contribution in [0.1, 0.15) is 16.7 Å². The van der Waals surface area contributed by atoms with Crippen LogP contribution in [-0.4, -0.2) is 36.1 Å². The summed E-state index contributed by atoms with van der Waals surface area (Å²) >= 11 is 5.73. The average molecular weight is 421 g/mol. The molecule has 3 nitrogen and oxygen atoms in total. The van der Waals surface area contributed by atoms with Gasteiger partial charge in [-0.3, -0.25) is 0 Å². The van der Waals surface area contributed by atoms with Crippen LogP contribution in [0, 0.1) is 12.7 Å². The van der Waals surface area contributed by atoms with Crippen LogP contribution in [0.4, 0.5) is 10.1 Å². The monoisotopic (exact) mass is 420 g/mol. The van der Waals surface area contributed by atoms with Gasteiger partial charge in [0, 0.05) is 37.4 Å². The molecule has 0 spiro atoms. The summed E-state index contributed by atoms with van der Waals surface area (Å²) in [4.78, 5) is 5.36. The molecule has 0 N–H and O–H groups in total. The molecule has 5 heteroatoms. The van der Waals surface area contributed by atoms with Gasteiger partial charge in [-0.15, -0.1) is 0 Å². The van der Waals surface area contributed by atoms with Crippen molar-refractivity contribution < 1.29 is 9.13 Å². The molecule has 1 aliphatic rings. The van der Waals surface area contributed by atoms with Crippen molar-refractivity contribution in [2.45, 2.75) is 13.5 Å². The van der Waals surface area contributed by atoms with Crippen molar-refractivity contribution in [2.24, 2.45) is 0 Å². The molecule has 0 amide bonds. The minimum absolute atomic E-state index is 0.204. The predicted octanol–water partition coefficient (Wildman–Crippen LogP) is 5.21. The fraction of sp³-hybridized carbons (Fsp3) is 0.240. The van der Waals surface area contributed by atoms with Crippen LogP contribution in [0.25, 0.3) is 0 Å². The molecule has 0 bridgehead atoms. The normalized spacial score (nSPS) is 13.9. The van der Waals surface area contributed by atoms with Gasteiger partial charge in [-0.05, 0) is 61.0 Å². The number of benzene rings is 3. The Kier molecular flexibility index (Phi) is 6.29. The van der Waals surface area contributed by atoms with Gasteiger partial charge >= 0.3 is 0 Å². The van der Waals surface area contributed by atoms with E-state index in [4.69, 9.17) is 17.0 Å². The molecule has 3 aromatic carbocycles. The Labute approximate surface area is 182 Å². The first-order chi connectivity index (χ1) is 14.6. The Morgan fingerprint density at radius 3 is 2.13 bits per heavy atom. The maximum Gasteiger partial charge on any atom is 0.123 e. The van der Waals surface area contributed by atoms with E-state index >= 15 is 0 Å². The molecule has 0 radical (unpaired) electrons. The van der Waals surface area contributed by atoms with Crippen LogP contribution < -0.4 is 9.64 Å². The second-order valence-electron chi connectivity index (χ2n) is 7.55. The SMILES string of the molecule is Cc1ccc(COc2ccc(C(=S)N3CCN(c4ccc(F)cc4)CC3)cc2)cc1. The summed E-state index contributed by atoms with van der Waals surface area (Å²) in [5.41, 5.74) is 4.48. The Bertz CT molecular complexity index is 979. The van der Waals surface area contributed by atoms with E-state index in [9.17, 15) is 4.39 Å². The number of aryl methyl sites for hydroxylation is 1. The number of rotatable bonds is 5. The third-order valence-corrected chi connectivity index (χ3v) is 5.88. The highest BCUT2D eigenvalue weighted by molar-refractivity contribution is 7.80. The first-order valence-electron chi connectivity index (χ1n) is 10.2. The zero-order valence-corrected chi connectivity index (χ0v) is 17.9. The number of halogens is 1. The quantitative estimate of drug-likeness (QED) is 0.526. The highest BCUT2D eigenvalue weighted by atomic mass is 32.1. The zero-order chi connectivity index (χ0) is 20.9. The van der Waals surface area contributed by atoms with Crippen molar-refractivity contribution in [2.75, 3.05) is 31.1 Å². The van der Waals surface area contributed by atoms with E-state index in [-0.39, 0.29) is 5.82 Å². The van der Waals surface area contributed by atoms with E-state index in [1.807, 2.05) is 36.4 Å². The summed E-state index contributed by atoms with van der Waals surface area (Å²) < 4.78 is 19.0. The number of piperazine rings is 1. The second kappa shape index (κ2) is 9.26. The van der Waals surface area contributed by atoms with E-state index in [1.165, 1.54) is 17.7 Å². The van der Waals surface area contributed by atoms with E-state index in [0.717, 1.165) is 53.7 Å². The molecule has 0 unspecified atom stereocenters. The molecule has 3 aromatic rings. The Morgan fingerprint density at radius 2 is 1.50 bits per heavy atom. The summed E-state index contributed by atoms with van der Waals surface area (Å²) in [6.45, 7) is 6.06. The fourth-order valence-electron chi connectivity index (χ4n) is 3.55. The molecule has 154 valence electrons. The molecular formula is C25H25FN2OS. The Balaban J connectivity index is 1.30. The lowest BCUT2D eigenvalue weighted by Crippen LogP contribution is -2.48. The number of thiocarbonyl (C=S) groups is 1. The van der Waals surface area contributed by atoms with Gasteiger partial charge < -0.3 is 14.5 Å². The zero-order valence-electron chi connectivity index (χ0n) is 17.1. The summed E-state index contributed by atoms with van der Waals surface area (Å²) in [5, 5.41) is 0. The van der Waals surface area contributed by atoms with Crippen LogP contribution in [0.2, 0.25) is 0 Å². The van der Waals surface area contributed by atoms with Crippen molar-refractivity contribution in [3.05, 3.63) is 95.3 Å². The van der Waals surface area contributed by atoms with Gasteiger partial charge in [0.05, 0.1) is 0 Å². The van der Waals surface area contributed by atoms with Crippen molar-refractivity contribution in [1.82, 2.24) is 4.90 Å². The van der Waals surface area contributed by atoms with Crippen LogP contribution >= 0.6 is 12.2 Å². The standard InChI is InChI=1S/C25H25FN2OS/c1-19-2-4-20(5-3-19)18-29-24-12-6-21(7-13-24)25(30)28-16-14-27(15-17-28)23-10-8-22(26)9-11-23/h2-13H,14-18H2,1H3. The number of hydrogen-bond donors (Lipinski definition) is 0. The van der Waals surface area contributed by atoms with Crippen molar-refractivity contribution >= 4 is 22.9 Å². The lowest BCUT2D eigenvalue weighted by Gasteiger charge is -2.37. The minimum Gasteiger partial charge on any atom is -0.489 e. The molecule has 1 heterocycles. The maximum atomic E-state index is 13.1. The molecule has 1 saturated heterocycles. The van der Waals surface area contributed by atoms with E-state index in [2.05, 4.69) is 41.0 Å². The van der Waals surface area contributed by atoms with Gasteiger partial charge in [0.15, 0.2) is 0 Å². The highest BCUT2D eigenvalue weighted by Gasteiger charge is 2.20. The van der Waals surface area contributed by atoms with Gasteiger partial charge in [-0.2, -0.15) is 0 Å². The number of ether oxygens (including phenoxy) is 1. The molecular weight excluding hydrogens is 395 g/mol. The van der Waals surface area contributed by atoms with Crippen molar-refractivity contribution in [1.29, 1.82) is 0 Å². The predicted molar refractivity (Wildman–Crippen MR) is 124 cm³/mol. The first-order valence-corrected chi connectivity index (χ1v) is 10.6. The number of anilines is 1. The van der Waals surface area contributed by atoms with Gasteiger partial charge in [-0.1, -0.05) is 42.0 Å². The molecule has 0 saturated carbocycles. The molecule has 4 rings (SSSR count). The third-order valence-electron chi connectivity index (χ3n) is 5.39. The van der Waals surface area contributed by atoms with Gasteiger partial charge in [0.1, 0.15) is 23.2 Å². The average Bonchev–Trinajstić information content (AvgIpc) is 2.79. The molecule has 0 aromatic heterocycles. The van der Waals surface area contributed by atoms with E-state index in [0.29, 0.717) is 6.61 Å². The maximum absolute atomic E-state index is 13.1. The first kappa shape index (κ1) is 20.4. The minimum atomic E-state index is -0.204. The largest absolute Gasteiger partial charge is 0.489 e. The summed E-state index contributed by atoms with van der Waals surface area (Å²) in [6, 6.07) is 23.1. The molecule has 0 aliphatic carbocycles. The second-order valence-corrected chi connectivity index (χ2v) is 7.94. The lowest BCUT2D eigenvalue weighted by atomic mass is 10.1. The van der Waals surface area contributed by atoms with Gasteiger partial charge in [0.25, 0.3) is 0 Å². The summed E-state index contributed by atoms with van der Waals surface area (Å²) in [6.07, 6.45) is 0. The van der Waals surface area contributed by atoms with E-state index < -0.39 is 0 Å². The topological polar surface area (TPSA) is 15.7 Å². The van der Waals surface area contributed by atoms with Crippen LogP contribution in [0.3, 0.4) is 0 Å². The van der Waals surface area contributed by atoms with E-state index in [1.54, 1.807) is 0 Å². The smallest absolute Gasteiger partial charge is 0.123 e. The van der Waals surface area contributed by atoms with Crippen LogP contribution in [0.15, 0.2) is 72.8 Å². The summed E-state index contributed by atoms with van der Waals surface area (Å²) in [7, 11) is 0. The number of hydrogen-bond acceptors (Lipinski definition) is 3.